The van der Waals surface area contributed by atoms with Crippen LogP contribution in [0.25, 0.3) is 0 Å². The quantitative estimate of drug-likeness (QED) is 0.720. The van der Waals surface area contributed by atoms with E-state index in [0.717, 1.165) is 24.7 Å². The highest BCUT2D eigenvalue weighted by molar-refractivity contribution is 5.26. The van der Waals surface area contributed by atoms with Gasteiger partial charge >= 0.3 is 0 Å². The van der Waals surface area contributed by atoms with Crippen molar-refractivity contribution in [3.05, 3.63) is 35.4 Å². The molecule has 3 heteroatoms. The monoisotopic (exact) mass is 336 g/mol. The predicted molar refractivity (Wildman–Crippen MR) is 92.6 cm³/mol. The standard InChI is InChI=1S/C21H30F2O/c1-2-4-15-7-9-16(10-8-15)17-11-13-21(24,14-12-17)20-18(22)5-3-6-19(20)23/h3,5-6,15-17,24H,2,4,7-14H2,1H3/t15-,16-,17?,21?. The number of hydrogen-bond acceptors (Lipinski definition) is 1. The largest absolute Gasteiger partial charge is 0.385 e. The number of benzene rings is 1. The fourth-order valence-corrected chi connectivity index (χ4v) is 5.14. The molecule has 1 aromatic carbocycles. The highest BCUT2D eigenvalue weighted by Gasteiger charge is 2.41. The molecule has 1 nitrogen and oxygen atoms in total. The van der Waals surface area contributed by atoms with Gasteiger partial charge in [0, 0.05) is 0 Å². The maximum Gasteiger partial charge on any atom is 0.132 e. The van der Waals surface area contributed by atoms with Crippen molar-refractivity contribution in [2.75, 3.05) is 0 Å². The van der Waals surface area contributed by atoms with Crippen LogP contribution in [0, 0.1) is 29.4 Å². The Morgan fingerprint density at radius 3 is 2.04 bits per heavy atom. The van der Waals surface area contributed by atoms with Crippen LogP contribution in [0.2, 0.25) is 0 Å². The van der Waals surface area contributed by atoms with E-state index < -0.39 is 17.2 Å². The molecule has 134 valence electrons. The summed E-state index contributed by atoms with van der Waals surface area (Å²) in [6.45, 7) is 2.26. The maximum atomic E-state index is 14.0. The van der Waals surface area contributed by atoms with E-state index in [1.807, 2.05) is 0 Å². The Bertz CT molecular complexity index is 521. The minimum Gasteiger partial charge on any atom is -0.385 e. The lowest BCUT2D eigenvalue weighted by molar-refractivity contribution is -0.0312. The summed E-state index contributed by atoms with van der Waals surface area (Å²) in [7, 11) is 0. The molecule has 3 rings (SSSR count). The summed E-state index contributed by atoms with van der Waals surface area (Å²) in [5.41, 5.74) is -1.44. The third-order valence-corrected chi connectivity index (χ3v) is 6.54. The molecule has 0 aromatic heterocycles. The van der Waals surface area contributed by atoms with Crippen LogP contribution in [-0.2, 0) is 5.60 Å². The molecule has 0 atom stereocenters. The normalized spacial score (nSPS) is 34.2. The zero-order chi connectivity index (χ0) is 17.2. The molecule has 2 aliphatic rings. The van der Waals surface area contributed by atoms with Gasteiger partial charge < -0.3 is 5.11 Å². The third-order valence-electron chi connectivity index (χ3n) is 6.54. The lowest BCUT2D eigenvalue weighted by Crippen LogP contribution is -2.36. The molecule has 0 unspecified atom stereocenters. The Morgan fingerprint density at radius 2 is 1.50 bits per heavy atom. The third kappa shape index (κ3) is 3.66. The first-order valence-electron chi connectivity index (χ1n) is 9.70. The predicted octanol–water partition coefficient (Wildman–Crippen LogP) is 5.95. The Morgan fingerprint density at radius 1 is 0.958 bits per heavy atom. The van der Waals surface area contributed by atoms with Gasteiger partial charge in [-0.25, -0.2) is 8.78 Å². The van der Waals surface area contributed by atoms with Crippen LogP contribution in [0.1, 0.15) is 76.7 Å². The van der Waals surface area contributed by atoms with E-state index in [1.54, 1.807) is 0 Å². The van der Waals surface area contributed by atoms with Crippen molar-refractivity contribution < 1.29 is 13.9 Å². The van der Waals surface area contributed by atoms with Gasteiger partial charge in [0.1, 0.15) is 11.6 Å². The Hall–Kier alpha value is -0.960. The Kier molecular flexibility index (Phi) is 5.59. The average Bonchev–Trinajstić information content (AvgIpc) is 2.56. The van der Waals surface area contributed by atoms with Gasteiger partial charge in [0.2, 0.25) is 0 Å². The second-order valence-corrected chi connectivity index (χ2v) is 8.04. The fourth-order valence-electron chi connectivity index (χ4n) is 5.14. The highest BCUT2D eigenvalue weighted by Crippen LogP contribution is 2.47. The van der Waals surface area contributed by atoms with Crippen LogP contribution in [0.5, 0.6) is 0 Å². The lowest BCUT2D eigenvalue weighted by Gasteiger charge is -2.41. The second kappa shape index (κ2) is 7.51. The van der Waals surface area contributed by atoms with Crippen LogP contribution in [0.4, 0.5) is 8.78 Å². The highest BCUT2D eigenvalue weighted by atomic mass is 19.1. The van der Waals surface area contributed by atoms with Crippen LogP contribution < -0.4 is 0 Å². The molecular formula is C21H30F2O. The topological polar surface area (TPSA) is 20.2 Å². The average molecular weight is 336 g/mol. The second-order valence-electron chi connectivity index (χ2n) is 8.04. The summed E-state index contributed by atoms with van der Waals surface area (Å²) >= 11 is 0. The zero-order valence-electron chi connectivity index (χ0n) is 14.7. The molecule has 0 heterocycles. The first-order valence-corrected chi connectivity index (χ1v) is 9.70. The smallest absolute Gasteiger partial charge is 0.132 e. The van der Waals surface area contributed by atoms with Crippen molar-refractivity contribution >= 4 is 0 Å². The molecule has 0 radical (unpaired) electrons. The molecule has 0 aliphatic heterocycles. The van der Waals surface area contributed by atoms with Crippen molar-refractivity contribution in [3.63, 3.8) is 0 Å². The van der Waals surface area contributed by atoms with Crippen LogP contribution in [0.3, 0.4) is 0 Å². The molecule has 24 heavy (non-hydrogen) atoms. The van der Waals surface area contributed by atoms with Gasteiger partial charge in [0.15, 0.2) is 0 Å². The van der Waals surface area contributed by atoms with Crippen molar-refractivity contribution in [3.8, 4) is 0 Å². The Balaban J connectivity index is 1.60. The summed E-state index contributed by atoms with van der Waals surface area (Å²) in [5, 5.41) is 10.9. The van der Waals surface area contributed by atoms with E-state index in [4.69, 9.17) is 0 Å². The number of aliphatic hydroxyl groups is 1. The fraction of sp³-hybridized carbons (Fsp3) is 0.714. The summed E-state index contributed by atoms with van der Waals surface area (Å²) in [6.07, 6.45) is 10.6. The SMILES string of the molecule is CCC[C@H]1CC[C@H](C2CCC(O)(c3c(F)cccc3F)CC2)CC1. The van der Waals surface area contributed by atoms with E-state index in [9.17, 15) is 13.9 Å². The van der Waals surface area contributed by atoms with Crippen LogP contribution in [0.15, 0.2) is 18.2 Å². The molecule has 0 spiro atoms. The summed E-state index contributed by atoms with van der Waals surface area (Å²) in [6, 6.07) is 3.85. The van der Waals surface area contributed by atoms with Crippen molar-refractivity contribution in [2.45, 2.75) is 76.7 Å². The van der Waals surface area contributed by atoms with E-state index in [0.29, 0.717) is 18.8 Å². The van der Waals surface area contributed by atoms with Gasteiger partial charge in [-0.15, -0.1) is 0 Å². The summed E-state index contributed by atoms with van der Waals surface area (Å²) in [4.78, 5) is 0. The molecule has 0 amide bonds. The van der Waals surface area contributed by atoms with Crippen LogP contribution >= 0.6 is 0 Å². The van der Waals surface area contributed by atoms with E-state index in [-0.39, 0.29) is 5.56 Å². The lowest BCUT2D eigenvalue weighted by atomic mass is 9.66. The van der Waals surface area contributed by atoms with E-state index in [1.165, 1.54) is 56.7 Å². The molecule has 2 aliphatic carbocycles. The van der Waals surface area contributed by atoms with Crippen molar-refractivity contribution in [2.24, 2.45) is 17.8 Å². The molecule has 0 saturated heterocycles. The summed E-state index contributed by atoms with van der Waals surface area (Å²) < 4.78 is 28.1. The molecular weight excluding hydrogens is 306 g/mol. The number of halogens is 2. The summed E-state index contributed by atoms with van der Waals surface area (Å²) in [5.74, 6) is 1.03. The van der Waals surface area contributed by atoms with Crippen molar-refractivity contribution in [1.82, 2.24) is 0 Å². The van der Waals surface area contributed by atoms with Gasteiger partial charge in [0.25, 0.3) is 0 Å². The molecule has 2 saturated carbocycles. The molecule has 0 bridgehead atoms. The van der Waals surface area contributed by atoms with Gasteiger partial charge in [-0.2, -0.15) is 0 Å². The van der Waals surface area contributed by atoms with Crippen LogP contribution in [-0.4, -0.2) is 5.11 Å². The van der Waals surface area contributed by atoms with Gasteiger partial charge in [-0.3, -0.25) is 0 Å². The van der Waals surface area contributed by atoms with E-state index in [2.05, 4.69) is 6.92 Å². The van der Waals surface area contributed by atoms with Gasteiger partial charge in [-0.1, -0.05) is 38.7 Å². The first-order chi connectivity index (χ1) is 11.5. The first kappa shape index (κ1) is 17.8. The van der Waals surface area contributed by atoms with E-state index >= 15 is 0 Å². The van der Waals surface area contributed by atoms with Gasteiger partial charge in [-0.05, 0) is 68.4 Å². The maximum absolute atomic E-state index is 14.0. The Labute approximate surface area is 144 Å². The molecule has 1 N–H and O–H groups in total. The minimum atomic E-state index is -1.33. The number of hydrogen-bond donors (Lipinski definition) is 1. The minimum absolute atomic E-state index is 0.116. The number of rotatable bonds is 4. The molecule has 1 aromatic rings. The molecule has 2 fully saturated rings. The van der Waals surface area contributed by atoms with Crippen molar-refractivity contribution in [1.29, 1.82) is 0 Å². The van der Waals surface area contributed by atoms with Gasteiger partial charge in [0.05, 0.1) is 11.2 Å². The zero-order valence-corrected chi connectivity index (χ0v) is 14.7.